The van der Waals surface area contributed by atoms with E-state index in [0.717, 1.165) is 44.5 Å². The van der Waals surface area contributed by atoms with E-state index in [1.165, 1.54) is 0 Å². The molecule has 7 heterocycles. The molecule has 0 radical (unpaired) electrons. The summed E-state index contributed by atoms with van der Waals surface area (Å²) in [7, 11) is 0. The number of rotatable bonds is 6. The van der Waals surface area contributed by atoms with Crippen molar-refractivity contribution >= 4 is 126 Å². The molecule has 0 aliphatic carbocycles. The van der Waals surface area contributed by atoms with Crippen LogP contribution in [0.5, 0.6) is 0 Å². The van der Waals surface area contributed by atoms with Crippen LogP contribution >= 0.6 is 92.8 Å². The predicted molar refractivity (Wildman–Crippen MR) is 302 cm³/mol. The van der Waals surface area contributed by atoms with Gasteiger partial charge < -0.3 is 19.6 Å². The Kier molecular flexibility index (Phi) is 12.1. The van der Waals surface area contributed by atoms with E-state index in [0.29, 0.717) is 108 Å². The smallest absolute Gasteiger partial charge is 0.184 e. The predicted octanol–water partition coefficient (Wildman–Crippen LogP) is 18.7. The van der Waals surface area contributed by atoms with Gasteiger partial charge in [-0.2, -0.15) is 0 Å². The van der Waals surface area contributed by atoms with Crippen LogP contribution in [0, 0.1) is 0 Å². The molecule has 0 spiro atoms. The molecule has 8 nitrogen and oxygen atoms in total. The Balaban J connectivity index is 1.24. The topological polar surface area (TPSA) is 101 Å². The van der Waals surface area contributed by atoms with Gasteiger partial charge in [-0.05, 0) is 119 Å². The van der Waals surface area contributed by atoms with E-state index in [2.05, 4.69) is 9.97 Å². The van der Waals surface area contributed by atoms with Crippen LogP contribution in [0.15, 0.2) is 168 Å². The van der Waals surface area contributed by atoms with E-state index in [4.69, 9.17) is 123 Å². The van der Waals surface area contributed by atoms with Crippen LogP contribution in [0.2, 0.25) is 40.2 Å². The number of fused-ring (bicyclic) bond motifs is 14. The third kappa shape index (κ3) is 7.98. The minimum atomic E-state index is -0.760. The Morgan fingerprint density at radius 1 is 0.311 bits per heavy atom. The second kappa shape index (κ2) is 18.8. The monoisotopic (exact) mass is 1120 g/mol. The van der Waals surface area contributed by atoms with Gasteiger partial charge in [0.05, 0.1) is 54.7 Å². The van der Waals surface area contributed by atoms with Gasteiger partial charge >= 0.3 is 0 Å². The third-order valence-corrected chi connectivity index (χ3v) is 16.0. The highest BCUT2D eigenvalue weighted by atomic mass is 35.5. The van der Waals surface area contributed by atoms with Crippen LogP contribution in [0.3, 0.4) is 0 Å². The van der Waals surface area contributed by atoms with Crippen LogP contribution in [0.25, 0.3) is 66.6 Å². The molecule has 0 amide bonds. The number of H-pyrrole nitrogens is 2. The molecule has 9 aromatic rings. The summed E-state index contributed by atoms with van der Waals surface area (Å²) in [6, 6.07) is 49.4. The van der Waals surface area contributed by atoms with Crippen LogP contribution in [-0.4, -0.2) is 31.4 Å². The fraction of sp³-hybridized carbons (Fsp3) is 0.0690. The molecular formula is C58H32Cl8N6O2. The molecule has 13 rings (SSSR count). The molecule has 4 aliphatic heterocycles. The summed E-state index contributed by atoms with van der Waals surface area (Å²) in [5.74, 6) is -1.26. The molecular weight excluding hydrogens is 1100 g/mol. The molecule has 0 saturated heterocycles. The Labute approximate surface area is 463 Å². The third-order valence-electron chi connectivity index (χ3n) is 13.8. The van der Waals surface area contributed by atoms with Crippen LogP contribution < -0.4 is 0 Å². The first-order chi connectivity index (χ1) is 36.0. The normalized spacial score (nSPS) is 17.6. The molecule has 0 fully saturated rings. The molecule has 3 aromatic heterocycles. The molecule has 0 saturated carbocycles. The standard InChI is InChI=1S/C58H32Cl8N6O2/c59-31-15-7-27(8-16-31)43-39-23-24-40(67-39)44(28-9-17-32(60)18-10-28)52-50-54(48-37(65)5-2-6-38(48)66)72-74-58(50)56(70-52)46(30-13-21-34(62)22-14-30)42-26-25-41(68-42)45(29-11-19-33(61)20-12-29)55-57-49(51(43)69-55)53(71-73-57)47-35(63)3-1-4-36(47)64/h1-26,49-50,57-58,67-68H/t49-,50+,57+,58-. The summed E-state index contributed by atoms with van der Waals surface area (Å²) >= 11 is 54.7. The summed E-state index contributed by atoms with van der Waals surface area (Å²) in [5, 5.41) is 13.6. The van der Waals surface area contributed by atoms with Gasteiger partial charge in [-0.1, -0.05) is 164 Å². The van der Waals surface area contributed by atoms with Crippen molar-refractivity contribution in [1.82, 2.24) is 19.9 Å². The van der Waals surface area contributed by atoms with Crippen LogP contribution in [0.1, 0.15) is 57.9 Å². The van der Waals surface area contributed by atoms with E-state index in [9.17, 15) is 0 Å². The Morgan fingerprint density at radius 3 is 0.865 bits per heavy atom. The average molecular weight is 1130 g/mol. The summed E-state index contributed by atoms with van der Waals surface area (Å²) in [5.41, 5.74) is 13.6. The van der Waals surface area contributed by atoms with E-state index < -0.39 is 24.0 Å². The highest BCUT2D eigenvalue weighted by molar-refractivity contribution is 6.42. The molecule has 16 heteroatoms. The zero-order valence-corrected chi connectivity index (χ0v) is 44.0. The van der Waals surface area contributed by atoms with E-state index in [1.54, 1.807) is 36.4 Å². The van der Waals surface area contributed by atoms with Crippen molar-refractivity contribution in [3.05, 3.63) is 232 Å². The first-order valence-electron chi connectivity index (χ1n) is 23.2. The molecule has 74 heavy (non-hydrogen) atoms. The van der Waals surface area contributed by atoms with Crippen molar-refractivity contribution in [3.63, 3.8) is 0 Å². The highest BCUT2D eigenvalue weighted by Gasteiger charge is 2.49. The van der Waals surface area contributed by atoms with Gasteiger partial charge in [0.25, 0.3) is 0 Å². The lowest BCUT2D eigenvalue weighted by atomic mass is 9.85. The summed E-state index contributed by atoms with van der Waals surface area (Å²) < 4.78 is 0. The zero-order chi connectivity index (χ0) is 50.5. The lowest BCUT2D eigenvalue weighted by molar-refractivity contribution is 0.0800. The summed E-state index contributed by atoms with van der Waals surface area (Å²) in [6.45, 7) is 0. The van der Waals surface area contributed by atoms with Crippen molar-refractivity contribution in [3.8, 4) is 44.5 Å². The minimum Gasteiger partial charge on any atom is -0.385 e. The fourth-order valence-electron chi connectivity index (χ4n) is 10.5. The van der Waals surface area contributed by atoms with E-state index in [-0.39, 0.29) is 0 Å². The maximum atomic E-state index is 7.06. The van der Waals surface area contributed by atoms with Crippen molar-refractivity contribution in [2.45, 2.75) is 24.0 Å². The van der Waals surface area contributed by atoms with Crippen molar-refractivity contribution in [2.24, 2.45) is 10.3 Å². The van der Waals surface area contributed by atoms with Gasteiger partial charge in [-0.3, -0.25) is 9.97 Å². The molecule has 0 unspecified atom stereocenters. The number of hydrogen-bond acceptors (Lipinski definition) is 6. The lowest BCUT2D eigenvalue weighted by Crippen LogP contribution is -2.14. The van der Waals surface area contributed by atoms with Gasteiger partial charge in [0.1, 0.15) is 11.4 Å². The quantitative estimate of drug-likeness (QED) is 0.173. The fourth-order valence-corrected chi connectivity index (χ4v) is 12.2. The maximum Gasteiger partial charge on any atom is 0.184 e. The zero-order valence-electron chi connectivity index (χ0n) is 37.9. The van der Waals surface area contributed by atoms with Gasteiger partial charge in [-0.15, -0.1) is 0 Å². The van der Waals surface area contributed by atoms with Gasteiger partial charge in [-0.25, -0.2) is 0 Å². The van der Waals surface area contributed by atoms with Gasteiger partial charge in [0.2, 0.25) is 0 Å². The molecule has 2 N–H and O–H groups in total. The molecule has 8 bridgehead atoms. The number of hydrogen-bond donors (Lipinski definition) is 2. The Hall–Kier alpha value is -6.30. The van der Waals surface area contributed by atoms with Crippen molar-refractivity contribution < 1.29 is 9.68 Å². The average Bonchev–Trinajstić information content (AvgIpc) is 4.28. The summed E-state index contributed by atoms with van der Waals surface area (Å²) in [4.78, 5) is 32.4. The SMILES string of the molecule is Clc1ccc(-c2c3nc(c(-c4ccc(Cl)cc4)c4ccc([nH]4)c(-c4ccc(Cl)cc4)c4nc(c(-c5ccc(Cl)cc5)c5ccc2[nH]5)[C@@H]2ON=C(c5c(Cl)cccc5Cl)[C@H]42)[C@@H]2C(c4c(Cl)cccc4Cl)=NO[C@H]32)cc1. The highest BCUT2D eigenvalue weighted by Crippen LogP contribution is 2.55. The molecule has 6 aromatic carbocycles. The number of nitrogens with one attached hydrogen (secondary N) is 2. The van der Waals surface area contributed by atoms with Crippen LogP contribution in [0.4, 0.5) is 0 Å². The first-order valence-corrected chi connectivity index (χ1v) is 26.2. The molecule has 362 valence electrons. The Bertz CT molecular complexity index is 3730. The lowest BCUT2D eigenvalue weighted by Gasteiger charge is -2.17. The first kappa shape index (κ1) is 47.4. The summed E-state index contributed by atoms with van der Waals surface area (Å²) in [6.07, 6.45) is -1.52. The maximum absolute atomic E-state index is 7.06. The number of nitrogens with zero attached hydrogens (tertiary/aromatic N) is 4. The Morgan fingerprint density at radius 2 is 0.581 bits per heavy atom. The van der Waals surface area contributed by atoms with Gasteiger partial charge in [0.15, 0.2) is 12.2 Å². The van der Waals surface area contributed by atoms with Gasteiger partial charge in [0, 0.05) is 75.5 Å². The number of benzene rings is 6. The number of aromatic nitrogens is 4. The molecule has 4 aliphatic rings. The van der Waals surface area contributed by atoms with E-state index >= 15 is 0 Å². The van der Waals surface area contributed by atoms with Crippen molar-refractivity contribution in [2.75, 3.05) is 0 Å². The van der Waals surface area contributed by atoms with Crippen LogP contribution in [-0.2, 0) is 9.68 Å². The second-order valence-electron chi connectivity index (χ2n) is 18.0. The number of aromatic amines is 2. The molecule has 4 atom stereocenters. The van der Waals surface area contributed by atoms with Crippen molar-refractivity contribution in [1.29, 1.82) is 0 Å². The van der Waals surface area contributed by atoms with E-state index in [1.807, 2.05) is 121 Å². The number of oxime groups is 2. The largest absolute Gasteiger partial charge is 0.385 e. The second-order valence-corrected chi connectivity index (χ2v) is 21.4. The number of halogens is 8. The minimum absolute atomic E-state index is 0.411.